The molecular weight excluding hydrogens is 200 g/mol. The van der Waals surface area contributed by atoms with Crippen LogP contribution >= 0.6 is 0 Å². The molecule has 3 nitrogen and oxygen atoms in total. The maximum atomic E-state index is 5.71. The topological polar surface area (TPSA) is 38.5 Å². The molecule has 1 aliphatic rings. The molecular formula is C13H20N2O. The van der Waals surface area contributed by atoms with Crippen LogP contribution in [0, 0.1) is 6.92 Å². The van der Waals surface area contributed by atoms with Gasteiger partial charge in [-0.2, -0.15) is 0 Å². The highest BCUT2D eigenvalue weighted by Crippen LogP contribution is 2.13. The van der Waals surface area contributed by atoms with Crippen LogP contribution in [0.5, 0.6) is 5.75 Å². The average molecular weight is 220 g/mol. The van der Waals surface area contributed by atoms with E-state index in [4.69, 9.17) is 10.5 Å². The van der Waals surface area contributed by atoms with Crippen molar-refractivity contribution in [3.05, 3.63) is 29.8 Å². The zero-order valence-electron chi connectivity index (χ0n) is 9.86. The third-order valence-corrected chi connectivity index (χ3v) is 2.86. The molecule has 1 aromatic carbocycles. The van der Waals surface area contributed by atoms with Gasteiger partial charge in [-0.3, -0.25) is 0 Å². The molecule has 1 aliphatic heterocycles. The zero-order chi connectivity index (χ0) is 11.4. The van der Waals surface area contributed by atoms with Crippen molar-refractivity contribution in [3.8, 4) is 5.75 Å². The second-order valence-electron chi connectivity index (χ2n) is 4.54. The van der Waals surface area contributed by atoms with Gasteiger partial charge in [-0.1, -0.05) is 12.1 Å². The first-order valence-electron chi connectivity index (χ1n) is 5.91. The molecule has 0 bridgehead atoms. The van der Waals surface area contributed by atoms with Gasteiger partial charge >= 0.3 is 0 Å². The van der Waals surface area contributed by atoms with E-state index in [2.05, 4.69) is 24.0 Å². The van der Waals surface area contributed by atoms with Gasteiger partial charge in [-0.15, -0.1) is 0 Å². The van der Waals surface area contributed by atoms with Gasteiger partial charge in [-0.25, -0.2) is 0 Å². The van der Waals surface area contributed by atoms with E-state index in [0.29, 0.717) is 6.04 Å². The number of nitrogens with zero attached hydrogens (tertiary/aromatic N) is 1. The van der Waals surface area contributed by atoms with E-state index in [1.165, 1.54) is 5.56 Å². The summed E-state index contributed by atoms with van der Waals surface area (Å²) in [7, 11) is 0. The summed E-state index contributed by atoms with van der Waals surface area (Å²) in [6.45, 7) is 6.05. The summed E-state index contributed by atoms with van der Waals surface area (Å²) < 4.78 is 5.67. The van der Waals surface area contributed by atoms with E-state index >= 15 is 0 Å². The normalized spacial score (nSPS) is 17.1. The van der Waals surface area contributed by atoms with Crippen LogP contribution in [-0.4, -0.2) is 37.2 Å². The highest BCUT2D eigenvalue weighted by Gasteiger charge is 2.21. The summed E-state index contributed by atoms with van der Waals surface area (Å²) in [6, 6.07) is 8.58. The molecule has 2 N–H and O–H groups in total. The molecule has 1 aromatic rings. The van der Waals surface area contributed by atoms with Crippen molar-refractivity contribution in [3.63, 3.8) is 0 Å². The summed E-state index contributed by atoms with van der Waals surface area (Å²) in [5.41, 5.74) is 6.95. The van der Waals surface area contributed by atoms with Gasteiger partial charge in [-0.05, 0) is 31.0 Å². The molecule has 0 amide bonds. The van der Waals surface area contributed by atoms with E-state index in [-0.39, 0.29) is 0 Å². The fourth-order valence-electron chi connectivity index (χ4n) is 1.98. The Morgan fingerprint density at radius 1 is 1.44 bits per heavy atom. The lowest BCUT2D eigenvalue weighted by atomic mass is 10.1. The number of nitrogens with two attached hydrogens (primary N) is 1. The Morgan fingerprint density at radius 2 is 2.25 bits per heavy atom. The molecule has 16 heavy (non-hydrogen) atoms. The van der Waals surface area contributed by atoms with Crippen LogP contribution in [0.15, 0.2) is 24.3 Å². The lowest BCUT2D eigenvalue weighted by Gasteiger charge is -2.36. The smallest absolute Gasteiger partial charge is 0.119 e. The Hall–Kier alpha value is -1.06. The minimum Gasteiger partial charge on any atom is -0.494 e. The Kier molecular flexibility index (Phi) is 3.80. The lowest BCUT2D eigenvalue weighted by Crippen LogP contribution is -2.55. The fourth-order valence-corrected chi connectivity index (χ4v) is 1.98. The molecule has 0 saturated carbocycles. The minimum absolute atomic E-state index is 0.401. The van der Waals surface area contributed by atoms with Crippen LogP contribution in [0.4, 0.5) is 0 Å². The molecule has 88 valence electrons. The third kappa shape index (κ3) is 3.22. The average Bonchev–Trinajstić information content (AvgIpc) is 2.21. The number of hydrogen-bond donors (Lipinski definition) is 1. The van der Waals surface area contributed by atoms with Crippen LogP contribution in [0.1, 0.15) is 12.0 Å². The van der Waals surface area contributed by atoms with Gasteiger partial charge in [0, 0.05) is 25.7 Å². The molecule has 0 aromatic heterocycles. The first kappa shape index (κ1) is 11.4. The van der Waals surface area contributed by atoms with E-state index in [9.17, 15) is 0 Å². The first-order valence-corrected chi connectivity index (χ1v) is 5.91. The molecule has 0 atom stereocenters. The van der Waals surface area contributed by atoms with E-state index in [1.807, 2.05) is 12.1 Å². The Labute approximate surface area is 97.2 Å². The molecule has 3 heteroatoms. The summed E-state index contributed by atoms with van der Waals surface area (Å²) in [5.74, 6) is 0.973. The SMILES string of the molecule is Cc1cccc(OCCCN2CC(N)C2)c1. The van der Waals surface area contributed by atoms with Gasteiger partial charge in [0.05, 0.1) is 6.61 Å². The van der Waals surface area contributed by atoms with Crippen LogP contribution in [0.3, 0.4) is 0 Å². The molecule has 1 heterocycles. The third-order valence-electron chi connectivity index (χ3n) is 2.86. The molecule has 1 fully saturated rings. The second-order valence-corrected chi connectivity index (χ2v) is 4.54. The molecule has 0 spiro atoms. The number of hydrogen-bond acceptors (Lipinski definition) is 3. The summed E-state index contributed by atoms with van der Waals surface area (Å²) in [5, 5.41) is 0. The molecule has 0 unspecified atom stereocenters. The van der Waals surface area contributed by atoms with E-state index < -0.39 is 0 Å². The van der Waals surface area contributed by atoms with Gasteiger partial charge in [0.15, 0.2) is 0 Å². The van der Waals surface area contributed by atoms with E-state index in [0.717, 1.165) is 38.4 Å². The quantitative estimate of drug-likeness (QED) is 0.762. The van der Waals surface area contributed by atoms with Crippen molar-refractivity contribution in [2.45, 2.75) is 19.4 Å². The number of ether oxygens (including phenoxy) is 1. The van der Waals surface area contributed by atoms with Crippen LogP contribution in [0.25, 0.3) is 0 Å². The Balaban J connectivity index is 1.61. The van der Waals surface area contributed by atoms with Gasteiger partial charge in [0.25, 0.3) is 0 Å². The number of aryl methyl sites for hydroxylation is 1. The second kappa shape index (κ2) is 5.32. The lowest BCUT2D eigenvalue weighted by molar-refractivity contribution is 0.139. The van der Waals surface area contributed by atoms with Crippen LogP contribution < -0.4 is 10.5 Å². The summed E-state index contributed by atoms with van der Waals surface area (Å²) in [4.78, 5) is 2.37. The number of likely N-dealkylation sites (tertiary alicyclic amines) is 1. The van der Waals surface area contributed by atoms with Crippen molar-refractivity contribution in [2.24, 2.45) is 5.73 Å². The maximum Gasteiger partial charge on any atom is 0.119 e. The highest BCUT2D eigenvalue weighted by molar-refractivity contribution is 5.27. The predicted octanol–water partition coefficient (Wildman–Crippen LogP) is 1.41. The van der Waals surface area contributed by atoms with Crippen molar-refractivity contribution >= 4 is 0 Å². The van der Waals surface area contributed by atoms with Gasteiger partial charge in [0.1, 0.15) is 5.75 Å². The number of rotatable bonds is 5. The van der Waals surface area contributed by atoms with Crippen molar-refractivity contribution in [1.82, 2.24) is 4.90 Å². The fraction of sp³-hybridized carbons (Fsp3) is 0.538. The Bertz CT molecular complexity index is 334. The molecule has 0 aliphatic carbocycles. The highest BCUT2D eigenvalue weighted by atomic mass is 16.5. The number of benzene rings is 1. The summed E-state index contributed by atoms with van der Waals surface area (Å²) in [6.07, 6.45) is 1.07. The largest absolute Gasteiger partial charge is 0.494 e. The van der Waals surface area contributed by atoms with Crippen LogP contribution in [0.2, 0.25) is 0 Å². The first-order chi connectivity index (χ1) is 7.74. The predicted molar refractivity (Wildman–Crippen MR) is 65.7 cm³/mol. The molecule has 1 saturated heterocycles. The van der Waals surface area contributed by atoms with E-state index in [1.54, 1.807) is 0 Å². The van der Waals surface area contributed by atoms with Crippen molar-refractivity contribution in [2.75, 3.05) is 26.2 Å². The van der Waals surface area contributed by atoms with Crippen molar-refractivity contribution in [1.29, 1.82) is 0 Å². The van der Waals surface area contributed by atoms with Crippen LogP contribution in [-0.2, 0) is 0 Å². The summed E-state index contributed by atoms with van der Waals surface area (Å²) >= 11 is 0. The van der Waals surface area contributed by atoms with Crippen molar-refractivity contribution < 1.29 is 4.74 Å². The minimum atomic E-state index is 0.401. The zero-order valence-corrected chi connectivity index (χ0v) is 9.86. The monoisotopic (exact) mass is 220 g/mol. The maximum absolute atomic E-state index is 5.71. The standard InChI is InChI=1S/C13H20N2O/c1-11-4-2-5-13(8-11)16-7-3-6-15-9-12(14)10-15/h2,4-5,8,12H,3,6-7,9-10,14H2,1H3. The Morgan fingerprint density at radius 3 is 2.94 bits per heavy atom. The van der Waals surface area contributed by atoms with Gasteiger partial charge in [0.2, 0.25) is 0 Å². The molecule has 0 radical (unpaired) electrons. The molecule has 2 rings (SSSR count). The van der Waals surface area contributed by atoms with Gasteiger partial charge < -0.3 is 15.4 Å².